The third kappa shape index (κ3) is 6.50. The van der Waals surface area contributed by atoms with Gasteiger partial charge in [0, 0.05) is 0 Å². The first-order valence-corrected chi connectivity index (χ1v) is 13.0. The van der Waals surface area contributed by atoms with Crippen molar-refractivity contribution in [1.29, 1.82) is 0 Å². The molecule has 0 aliphatic rings. The molecule has 92 valence electrons. The molecule has 0 atom stereocenters. The van der Waals surface area contributed by atoms with Crippen molar-refractivity contribution in [3.8, 4) is 0 Å². The number of nitrogens with zero attached hydrogens (tertiary/aromatic N) is 1. The molecule has 0 radical (unpaired) electrons. The van der Waals surface area contributed by atoms with E-state index >= 15 is 0 Å². The minimum Gasteiger partial charge on any atom is -0.313 e. The number of hydrogen-bond donors (Lipinski definition) is 0. The Morgan fingerprint density at radius 2 is 1.33 bits per heavy atom. The second-order valence-electron chi connectivity index (χ2n) is 6.18. The van der Waals surface area contributed by atoms with Crippen LogP contribution in [0.3, 0.4) is 0 Å². The molecule has 0 N–H and O–H groups in total. The van der Waals surface area contributed by atoms with Crippen molar-refractivity contribution in [3.63, 3.8) is 0 Å². The van der Waals surface area contributed by atoms with E-state index in [2.05, 4.69) is 50.6 Å². The van der Waals surface area contributed by atoms with Crippen molar-refractivity contribution >= 4 is 16.5 Å². The fourth-order valence-electron chi connectivity index (χ4n) is 1.90. The molecule has 0 amide bonds. The van der Waals surface area contributed by atoms with E-state index in [1.165, 1.54) is 19.3 Å². The molecule has 0 aromatic heterocycles. The summed E-state index contributed by atoms with van der Waals surface area (Å²) in [5.41, 5.74) is 0. The van der Waals surface area contributed by atoms with Gasteiger partial charge >= 0.3 is 0 Å². The average molecular weight is 248 g/mol. The highest BCUT2D eigenvalue weighted by Crippen LogP contribution is 2.20. The maximum atomic E-state index is 6.03. The molecule has 15 heavy (non-hydrogen) atoms. The Morgan fingerprint density at radius 1 is 0.867 bits per heavy atom. The van der Waals surface area contributed by atoms with Crippen LogP contribution in [0.15, 0.2) is 0 Å². The van der Waals surface area contributed by atoms with Crippen LogP contribution in [0.25, 0.3) is 0 Å². The van der Waals surface area contributed by atoms with Gasteiger partial charge in [-0.05, 0) is 6.42 Å². The molecular weight excluding hydrogens is 218 g/mol. The van der Waals surface area contributed by atoms with Crippen LogP contribution in [0.4, 0.5) is 0 Å². The Balaban J connectivity index is 4.17. The molecule has 0 unspecified atom stereocenters. The summed E-state index contributed by atoms with van der Waals surface area (Å²) in [6.07, 6.45) is 3.75. The molecule has 0 fully saturated rings. The van der Waals surface area contributed by atoms with Gasteiger partial charge in [0.25, 0.3) is 0 Å². The predicted octanol–water partition coefficient (Wildman–Crippen LogP) is 4.08. The van der Waals surface area contributed by atoms with Gasteiger partial charge in [0.1, 0.15) is 16.5 Å². The van der Waals surface area contributed by atoms with Crippen LogP contribution >= 0.6 is 0 Å². The van der Waals surface area contributed by atoms with E-state index in [0.29, 0.717) is 0 Å². The topological polar surface area (TPSA) is 12.5 Å². The molecule has 4 heteroatoms. The van der Waals surface area contributed by atoms with E-state index in [-0.39, 0.29) is 0 Å². The van der Waals surface area contributed by atoms with E-state index in [1.54, 1.807) is 0 Å². The fourth-order valence-corrected chi connectivity index (χ4v) is 10.9. The van der Waals surface area contributed by atoms with Gasteiger partial charge < -0.3 is 4.84 Å². The Kier molecular flexibility index (Phi) is 6.32. The SMILES string of the molecule is CCCCCON([Si](C)(C)C)[Si](C)(C)C. The monoisotopic (exact) mass is 247 g/mol. The third-order valence-corrected chi connectivity index (χ3v) is 8.91. The van der Waals surface area contributed by atoms with E-state index in [4.69, 9.17) is 4.84 Å². The van der Waals surface area contributed by atoms with Gasteiger partial charge in [-0.25, -0.2) is 4.39 Å². The van der Waals surface area contributed by atoms with Gasteiger partial charge in [-0.3, -0.25) is 0 Å². The van der Waals surface area contributed by atoms with E-state index < -0.39 is 16.5 Å². The Labute approximate surface area is 98.1 Å². The van der Waals surface area contributed by atoms with Crippen LogP contribution in [0.2, 0.25) is 39.3 Å². The Bertz CT molecular complexity index is 158. The fraction of sp³-hybridized carbons (Fsp3) is 1.00. The maximum absolute atomic E-state index is 6.03. The summed E-state index contributed by atoms with van der Waals surface area (Å²) in [4.78, 5) is 6.03. The zero-order valence-electron chi connectivity index (χ0n) is 11.7. The lowest BCUT2D eigenvalue weighted by Crippen LogP contribution is -2.58. The van der Waals surface area contributed by atoms with Gasteiger partial charge in [-0.15, -0.1) is 0 Å². The maximum Gasteiger partial charge on any atom is 0.141 e. The summed E-state index contributed by atoms with van der Waals surface area (Å²) >= 11 is 0. The lowest BCUT2D eigenvalue weighted by Gasteiger charge is -2.42. The third-order valence-electron chi connectivity index (χ3n) is 2.19. The van der Waals surface area contributed by atoms with Crippen LogP contribution in [-0.4, -0.2) is 27.5 Å². The zero-order chi connectivity index (χ0) is 12.1. The predicted molar refractivity (Wildman–Crippen MR) is 74.0 cm³/mol. The van der Waals surface area contributed by atoms with Crippen LogP contribution in [0.5, 0.6) is 0 Å². The van der Waals surface area contributed by atoms with Gasteiger partial charge in [0.05, 0.1) is 6.61 Å². The first-order valence-electron chi connectivity index (χ1n) is 6.13. The molecule has 0 aliphatic carbocycles. The van der Waals surface area contributed by atoms with Gasteiger partial charge in [0.2, 0.25) is 0 Å². The molecule has 0 rings (SSSR count). The first-order chi connectivity index (χ1) is 6.69. The van der Waals surface area contributed by atoms with Crippen LogP contribution in [0.1, 0.15) is 26.2 Å². The van der Waals surface area contributed by atoms with Crippen LogP contribution in [0, 0.1) is 0 Å². The minimum atomic E-state index is -1.31. The number of hydrogen-bond acceptors (Lipinski definition) is 2. The molecule has 0 heterocycles. The van der Waals surface area contributed by atoms with Crippen molar-refractivity contribution in [2.24, 2.45) is 0 Å². The van der Waals surface area contributed by atoms with Crippen LogP contribution < -0.4 is 0 Å². The summed E-state index contributed by atoms with van der Waals surface area (Å²) in [6.45, 7) is 17.3. The molecule has 2 nitrogen and oxygen atoms in total. The summed E-state index contributed by atoms with van der Waals surface area (Å²) in [5.74, 6) is 0. The average Bonchev–Trinajstić information content (AvgIpc) is 1.99. The Morgan fingerprint density at radius 3 is 1.67 bits per heavy atom. The molecule has 0 saturated heterocycles. The molecule has 0 spiro atoms. The second-order valence-corrected chi connectivity index (χ2v) is 16.1. The summed E-state index contributed by atoms with van der Waals surface area (Å²) in [6, 6.07) is 0. The molecule has 0 aromatic rings. The summed E-state index contributed by atoms with van der Waals surface area (Å²) in [5, 5.41) is 0. The largest absolute Gasteiger partial charge is 0.313 e. The van der Waals surface area contributed by atoms with Crippen molar-refractivity contribution in [3.05, 3.63) is 0 Å². The van der Waals surface area contributed by atoms with Crippen molar-refractivity contribution in [2.75, 3.05) is 6.61 Å². The van der Waals surface area contributed by atoms with Gasteiger partial charge in [-0.1, -0.05) is 59.0 Å². The van der Waals surface area contributed by atoms with Crippen molar-refractivity contribution < 1.29 is 4.84 Å². The normalized spacial score (nSPS) is 13.6. The van der Waals surface area contributed by atoms with E-state index in [9.17, 15) is 0 Å². The zero-order valence-corrected chi connectivity index (χ0v) is 13.7. The van der Waals surface area contributed by atoms with E-state index in [0.717, 1.165) is 6.61 Å². The highest BCUT2D eigenvalue weighted by atomic mass is 28.4. The summed E-state index contributed by atoms with van der Waals surface area (Å²) in [7, 11) is -2.62. The first kappa shape index (κ1) is 15.4. The second kappa shape index (κ2) is 6.18. The smallest absolute Gasteiger partial charge is 0.141 e. The Hall–Kier alpha value is 0.354. The molecule has 0 aromatic carbocycles. The molecular formula is C11H29NOSi2. The highest BCUT2D eigenvalue weighted by molar-refractivity contribution is 6.88. The number of unbranched alkanes of at least 4 members (excludes halogenated alkanes) is 2. The van der Waals surface area contributed by atoms with Crippen LogP contribution in [-0.2, 0) is 4.84 Å². The quantitative estimate of drug-likeness (QED) is 0.382. The molecule has 0 saturated carbocycles. The molecule has 0 bridgehead atoms. The number of rotatable bonds is 7. The van der Waals surface area contributed by atoms with Crippen molar-refractivity contribution in [1.82, 2.24) is 4.39 Å². The highest BCUT2D eigenvalue weighted by Gasteiger charge is 2.35. The lowest BCUT2D eigenvalue weighted by atomic mass is 10.3. The van der Waals surface area contributed by atoms with Gasteiger partial charge in [-0.2, -0.15) is 0 Å². The standard InChI is InChI=1S/C11H29NOSi2/c1-8-9-10-11-13-12(14(2,3)4)15(5,6)7/h8-11H2,1-7H3. The summed E-state index contributed by atoms with van der Waals surface area (Å²) < 4.78 is 2.40. The lowest BCUT2D eigenvalue weighted by molar-refractivity contribution is -0.0373. The van der Waals surface area contributed by atoms with E-state index in [1.807, 2.05) is 0 Å². The van der Waals surface area contributed by atoms with Crippen molar-refractivity contribution in [2.45, 2.75) is 65.5 Å². The molecule has 0 aliphatic heterocycles. The van der Waals surface area contributed by atoms with Gasteiger partial charge in [0.15, 0.2) is 0 Å². The minimum absolute atomic E-state index is 0.905.